The smallest absolute Gasteiger partial charge is 0.101 e. The monoisotopic (exact) mass is 274 g/mol. The van der Waals surface area contributed by atoms with Crippen LogP contribution in [0.4, 0.5) is 5.69 Å². The normalized spacial score (nSPS) is 13.9. The first-order valence-electron chi connectivity index (χ1n) is 7.63. The van der Waals surface area contributed by atoms with Crippen molar-refractivity contribution in [1.29, 1.82) is 0 Å². The molecule has 0 N–H and O–H groups in total. The second kappa shape index (κ2) is 7.47. The van der Waals surface area contributed by atoms with Crippen molar-refractivity contribution in [3.63, 3.8) is 0 Å². The summed E-state index contributed by atoms with van der Waals surface area (Å²) in [5.74, 6) is 3.08. The quantitative estimate of drug-likeness (QED) is 0.540. The van der Waals surface area contributed by atoms with Crippen LogP contribution >= 0.6 is 0 Å². The van der Waals surface area contributed by atoms with Crippen LogP contribution in [-0.4, -0.2) is 24.8 Å². The summed E-state index contributed by atoms with van der Waals surface area (Å²) < 4.78 is 0. The Kier molecular flexibility index (Phi) is 6.25. The van der Waals surface area contributed by atoms with Gasteiger partial charge >= 0.3 is 0 Å². The molecule has 112 valence electrons. The summed E-state index contributed by atoms with van der Waals surface area (Å²) in [6, 6.07) is 8.76. The molecule has 0 radical (unpaired) electrons. The molecule has 0 amide bonds. The molecule has 1 aromatic rings. The van der Waals surface area contributed by atoms with Crippen LogP contribution in [0.5, 0.6) is 0 Å². The van der Waals surface area contributed by atoms with Crippen LogP contribution in [0.25, 0.3) is 0 Å². The van der Waals surface area contributed by atoms with Gasteiger partial charge in [0, 0.05) is 14.1 Å². The van der Waals surface area contributed by atoms with E-state index < -0.39 is 0 Å². The minimum Gasteiger partial charge on any atom is -0.366 e. The number of rotatable bonds is 5. The molecule has 1 rings (SSSR count). The lowest BCUT2D eigenvalue weighted by molar-refractivity contribution is 0.408. The Morgan fingerprint density at radius 3 is 2.00 bits per heavy atom. The molecule has 0 aliphatic heterocycles. The molecule has 1 aromatic carbocycles. The molecule has 1 atom stereocenters. The molecule has 20 heavy (non-hydrogen) atoms. The first-order valence-corrected chi connectivity index (χ1v) is 7.63. The SMILES string of the molecule is C/C(=N\c1ccc(C(CC(C)C)C(C)C)cc1)N(C)C. The molecule has 0 saturated heterocycles. The van der Waals surface area contributed by atoms with Gasteiger partial charge in [-0.25, -0.2) is 4.99 Å². The molecule has 0 fully saturated rings. The fourth-order valence-corrected chi connectivity index (χ4v) is 2.38. The summed E-state index contributed by atoms with van der Waals surface area (Å²) in [4.78, 5) is 6.64. The van der Waals surface area contributed by atoms with Crippen LogP contribution in [-0.2, 0) is 0 Å². The Morgan fingerprint density at radius 2 is 1.60 bits per heavy atom. The summed E-state index contributed by atoms with van der Waals surface area (Å²) in [6.07, 6.45) is 1.25. The van der Waals surface area contributed by atoms with E-state index in [0.717, 1.165) is 17.4 Å². The van der Waals surface area contributed by atoms with Crippen LogP contribution in [0.15, 0.2) is 29.3 Å². The molecule has 0 aromatic heterocycles. The number of amidine groups is 1. The highest BCUT2D eigenvalue weighted by atomic mass is 15.1. The van der Waals surface area contributed by atoms with E-state index in [4.69, 9.17) is 0 Å². The van der Waals surface area contributed by atoms with Gasteiger partial charge in [0.15, 0.2) is 0 Å². The van der Waals surface area contributed by atoms with Crippen molar-refractivity contribution in [1.82, 2.24) is 4.90 Å². The summed E-state index contributed by atoms with van der Waals surface area (Å²) in [5.41, 5.74) is 2.47. The van der Waals surface area contributed by atoms with Crippen molar-refractivity contribution < 1.29 is 0 Å². The summed E-state index contributed by atoms with van der Waals surface area (Å²) >= 11 is 0. The fourth-order valence-electron chi connectivity index (χ4n) is 2.38. The first kappa shape index (κ1) is 16.7. The molecule has 2 heteroatoms. The number of aliphatic imine (C=N–C) groups is 1. The molecule has 0 spiro atoms. The van der Waals surface area contributed by atoms with E-state index in [1.807, 2.05) is 25.9 Å². The second-order valence-corrected chi connectivity index (χ2v) is 6.63. The third kappa shape index (κ3) is 4.99. The van der Waals surface area contributed by atoms with E-state index in [9.17, 15) is 0 Å². The molecular weight excluding hydrogens is 244 g/mol. The van der Waals surface area contributed by atoms with Crippen molar-refractivity contribution in [2.75, 3.05) is 14.1 Å². The van der Waals surface area contributed by atoms with E-state index in [0.29, 0.717) is 11.8 Å². The van der Waals surface area contributed by atoms with E-state index in [1.54, 1.807) is 0 Å². The van der Waals surface area contributed by atoms with Crippen molar-refractivity contribution in [2.45, 2.75) is 47.0 Å². The lowest BCUT2D eigenvalue weighted by Crippen LogP contribution is -2.17. The standard InChI is InChI=1S/C18H30N2/c1-13(2)12-18(14(3)4)16-8-10-17(11-9-16)19-15(5)20(6)7/h8-11,13-14,18H,12H2,1-7H3/b19-15+. The van der Waals surface area contributed by atoms with E-state index in [1.165, 1.54) is 12.0 Å². The zero-order chi connectivity index (χ0) is 15.3. The third-order valence-corrected chi connectivity index (χ3v) is 3.79. The van der Waals surface area contributed by atoms with Crippen LogP contribution < -0.4 is 0 Å². The predicted molar refractivity (Wildman–Crippen MR) is 89.9 cm³/mol. The summed E-state index contributed by atoms with van der Waals surface area (Å²) in [7, 11) is 4.04. The predicted octanol–water partition coefficient (Wildman–Crippen LogP) is 5.08. The molecule has 0 aliphatic carbocycles. The van der Waals surface area contributed by atoms with E-state index in [2.05, 4.69) is 57.0 Å². The lowest BCUT2D eigenvalue weighted by Gasteiger charge is -2.23. The van der Waals surface area contributed by atoms with E-state index >= 15 is 0 Å². The van der Waals surface area contributed by atoms with Gasteiger partial charge in [0.1, 0.15) is 5.84 Å². The van der Waals surface area contributed by atoms with Crippen LogP contribution in [0.3, 0.4) is 0 Å². The van der Waals surface area contributed by atoms with Gasteiger partial charge in [-0.1, -0.05) is 39.8 Å². The van der Waals surface area contributed by atoms with Gasteiger partial charge in [0.25, 0.3) is 0 Å². The minimum absolute atomic E-state index is 0.642. The third-order valence-electron chi connectivity index (χ3n) is 3.79. The molecule has 0 saturated carbocycles. The Bertz CT molecular complexity index is 427. The topological polar surface area (TPSA) is 15.6 Å². The van der Waals surface area contributed by atoms with Crippen LogP contribution in [0, 0.1) is 11.8 Å². The number of benzene rings is 1. The average Bonchev–Trinajstić information content (AvgIpc) is 2.36. The van der Waals surface area contributed by atoms with Crippen molar-refractivity contribution >= 4 is 11.5 Å². The zero-order valence-corrected chi connectivity index (χ0v) is 14.1. The molecule has 1 unspecified atom stereocenters. The Morgan fingerprint density at radius 1 is 1.05 bits per heavy atom. The Balaban J connectivity index is 2.91. The largest absolute Gasteiger partial charge is 0.366 e. The van der Waals surface area contributed by atoms with Crippen LogP contribution in [0.2, 0.25) is 0 Å². The van der Waals surface area contributed by atoms with Gasteiger partial charge in [-0.3, -0.25) is 0 Å². The average molecular weight is 274 g/mol. The zero-order valence-electron chi connectivity index (χ0n) is 14.1. The molecule has 0 bridgehead atoms. The minimum atomic E-state index is 0.642. The first-order chi connectivity index (χ1) is 9.31. The molecular formula is C18H30N2. The second-order valence-electron chi connectivity index (χ2n) is 6.63. The van der Waals surface area contributed by atoms with Crippen molar-refractivity contribution in [3.8, 4) is 0 Å². The number of hydrogen-bond donors (Lipinski definition) is 0. The van der Waals surface area contributed by atoms with Gasteiger partial charge in [0.2, 0.25) is 0 Å². The van der Waals surface area contributed by atoms with E-state index in [-0.39, 0.29) is 0 Å². The molecule has 0 heterocycles. The maximum absolute atomic E-state index is 4.61. The number of hydrogen-bond acceptors (Lipinski definition) is 1. The lowest BCUT2D eigenvalue weighted by atomic mass is 9.82. The van der Waals surface area contributed by atoms with Gasteiger partial charge < -0.3 is 4.90 Å². The van der Waals surface area contributed by atoms with Crippen LogP contribution in [0.1, 0.15) is 52.5 Å². The maximum Gasteiger partial charge on any atom is 0.101 e. The highest BCUT2D eigenvalue weighted by Crippen LogP contribution is 2.31. The summed E-state index contributed by atoms with van der Waals surface area (Å²) in [6.45, 7) is 11.3. The van der Waals surface area contributed by atoms with Crippen molar-refractivity contribution in [2.24, 2.45) is 16.8 Å². The number of nitrogens with zero attached hydrogens (tertiary/aromatic N) is 2. The maximum atomic E-state index is 4.61. The van der Waals surface area contributed by atoms with Crippen molar-refractivity contribution in [3.05, 3.63) is 29.8 Å². The van der Waals surface area contributed by atoms with Gasteiger partial charge in [-0.2, -0.15) is 0 Å². The molecule has 0 aliphatic rings. The highest BCUT2D eigenvalue weighted by molar-refractivity contribution is 5.81. The summed E-state index contributed by atoms with van der Waals surface area (Å²) in [5, 5.41) is 0. The molecule has 2 nitrogen and oxygen atoms in total. The highest BCUT2D eigenvalue weighted by Gasteiger charge is 2.17. The van der Waals surface area contributed by atoms with Gasteiger partial charge in [0.05, 0.1) is 5.69 Å². The van der Waals surface area contributed by atoms with Gasteiger partial charge in [-0.05, 0) is 48.8 Å². The Labute approximate surface area is 124 Å². The fraction of sp³-hybridized carbons (Fsp3) is 0.611. The van der Waals surface area contributed by atoms with Gasteiger partial charge in [-0.15, -0.1) is 0 Å². The Hall–Kier alpha value is -1.31.